The minimum absolute atomic E-state index is 0.151. The van der Waals surface area contributed by atoms with E-state index in [4.69, 9.17) is 4.42 Å². The Bertz CT molecular complexity index is 770. The number of halogens is 1. The van der Waals surface area contributed by atoms with E-state index in [0.29, 0.717) is 19.6 Å². The second kappa shape index (κ2) is 8.48. The van der Waals surface area contributed by atoms with Crippen molar-refractivity contribution in [3.63, 3.8) is 0 Å². The van der Waals surface area contributed by atoms with Crippen LogP contribution in [0.4, 0.5) is 9.18 Å². The third-order valence-corrected chi connectivity index (χ3v) is 4.74. The van der Waals surface area contributed by atoms with Crippen LogP contribution in [0.25, 0.3) is 0 Å². The minimum atomic E-state index is -0.285. The van der Waals surface area contributed by atoms with E-state index in [0.717, 1.165) is 17.5 Å². The van der Waals surface area contributed by atoms with E-state index in [1.165, 1.54) is 17.0 Å². The first-order valence-electron chi connectivity index (χ1n) is 8.01. The molecule has 0 radical (unpaired) electrons. The summed E-state index contributed by atoms with van der Waals surface area (Å²) in [7, 11) is 0. The van der Waals surface area contributed by atoms with Gasteiger partial charge in [0.05, 0.1) is 19.1 Å². The van der Waals surface area contributed by atoms with Crippen LogP contribution in [0.2, 0.25) is 0 Å². The molecule has 0 saturated carbocycles. The highest BCUT2D eigenvalue weighted by Gasteiger charge is 2.14. The lowest BCUT2D eigenvalue weighted by molar-refractivity contribution is 0.195. The van der Waals surface area contributed by atoms with E-state index in [1.54, 1.807) is 40.9 Å². The molecule has 0 aliphatic rings. The monoisotopic (exact) mass is 358 g/mol. The van der Waals surface area contributed by atoms with Crippen molar-refractivity contribution >= 4 is 17.4 Å². The Balaban J connectivity index is 1.60. The van der Waals surface area contributed by atoms with Crippen molar-refractivity contribution in [2.24, 2.45) is 0 Å². The van der Waals surface area contributed by atoms with E-state index in [1.807, 2.05) is 17.5 Å². The molecule has 4 nitrogen and oxygen atoms in total. The Hall–Kier alpha value is -2.60. The van der Waals surface area contributed by atoms with Gasteiger partial charge >= 0.3 is 6.03 Å². The zero-order chi connectivity index (χ0) is 17.5. The van der Waals surface area contributed by atoms with Gasteiger partial charge in [-0.1, -0.05) is 18.2 Å². The number of hydrogen-bond donors (Lipinski definition) is 1. The van der Waals surface area contributed by atoms with Crippen LogP contribution in [0, 0.1) is 5.82 Å². The summed E-state index contributed by atoms with van der Waals surface area (Å²) in [6.45, 7) is 1.46. The highest BCUT2D eigenvalue weighted by Crippen LogP contribution is 2.12. The van der Waals surface area contributed by atoms with Gasteiger partial charge in [0.2, 0.25) is 0 Å². The van der Waals surface area contributed by atoms with Gasteiger partial charge in [0, 0.05) is 23.5 Å². The lowest BCUT2D eigenvalue weighted by atomic mass is 10.2. The van der Waals surface area contributed by atoms with Crippen molar-refractivity contribution < 1.29 is 13.6 Å². The van der Waals surface area contributed by atoms with E-state index >= 15 is 0 Å². The highest BCUT2D eigenvalue weighted by molar-refractivity contribution is 7.09. The molecule has 1 aromatic carbocycles. The summed E-state index contributed by atoms with van der Waals surface area (Å²) in [5, 5.41) is 4.93. The van der Waals surface area contributed by atoms with Gasteiger partial charge in [0.15, 0.2) is 0 Å². The van der Waals surface area contributed by atoms with Crippen LogP contribution in [0.5, 0.6) is 0 Å². The van der Waals surface area contributed by atoms with Crippen molar-refractivity contribution in [2.75, 3.05) is 6.54 Å². The van der Waals surface area contributed by atoms with Crippen molar-refractivity contribution in [1.82, 2.24) is 10.2 Å². The molecule has 1 N–H and O–H groups in total. The number of nitrogens with one attached hydrogen (secondary N) is 1. The van der Waals surface area contributed by atoms with E-state index < -0.39 is 0 Å². The van der Waals surface area contributed by atoms with Crippen molar-refractivity contribution in [3.05, 3.63) is 82.2 Å². The molecule has 0 bridgehead atoms. The third kappa shape index (κ3) is 5.19. The SMILES string of the molecule is O=C(NCc1ccc(F)cc1)N(CCc1cccs1)Cc1ccoc1. The van der Waals surface area contributed by atoms with Crippen LogP contribution >= 0.6 is 11.3 Å². The maximum Gasteiger partial charge on any atom is 0.317 e. The molecule has 0 spiro atoms. The first-order chi connectivity index (χ1) is 12.2. The number of hydrogen-bond acceptors (Lipinski definition) is 3. The molecule has 3 aromatic rings. The number of nitrogens with zero attached hydrogens (tertiary/aromatic N) is 1. The predicted molar refractivity (Wildman–Crippen MR) is 95.8 cm³/mol. The minimum Gasteiger partial charge on any atom is -0.472 e. The lowest BCUT2D eigenvalue weighted by Gasteiger charge is -2.22. The van der Waals surface area contributed by atoms with Crippen LogP contribution < -0.4 is 5.32 Å². The molecule has 25 heavy (non-hydrogen) atoms. The van der Waals surface area contributed by atoms with Crippen molar-refractivity contribution in [2.45, 2.75) is 19.5 Å². The molecule has 0 fully saturated rings. The second-order valence-electron chi connectivity index (χ2n) is 5.67. The van der Waals surface area contributed by atoms with Gasteiger partial charge in [0.25, 0.3) is 0 Å². The maximum absolute atomic E-state index is 13.0. The average molecular weight is 358 g/mol. The van der Waals surface area contributed by atoms with Gasteiger partial charge in [-0.25, -0.2) is 9.18 Å². The van der Waals surface area contributed by atoms with E-state index in [-0.39, 0.29) is 11.8 Å². The Labute approximate surface area is 149 Å². The molecule has 130 valence electrons. The molecule has 0 atom stereocenters. The van der Waals surface area contributed by atoms with E-state index in [2.05, 4.69) is 11.4 Å². The highest BCUT2D eigenvalue weighted by atomic mass is 32.1. The second-order valence-corrected chi connectivity index (χ2v) is 6.70. The molecular formula is C19H19FN2O2S. The van der Waals surface area contributed by atoms with Crippen LogP contribution in [-0.4, -0.2) is 17.5 Å². The van der Waals surface area contributed by atoms with Gasteiger partial charge in [-0.2, -0.15) is 0 Å². The van der Waals surface area contributed by atoms with Crippen LogP contribution in [0.1, 0.15) is 16.0 Å². The normalized spacial score (nSPS) is 10.6. The number of thiophene rings is 1. The number of carbonyl (C=O) groups excluding carboxylic acids is 1. The number of benzene rings is 1. The Morgan fingerprint density at radius 1 is 1.16 bits per heavy atom. The molecular weight excluding hydrogens is 339 g/mol. The molecule has 2 aromatic heterocycles. The number of carbonyl (C=O) groups is 1. The molecule has 2 amide bonds. The Kier molecular flexibility index (Phi) is 5.85. The fourth-order valence-corrected chi connectivity index (χ4v) is 3.15. The summed E-state index contributed by atoms with van der Waals surface area (Å²) >= 11 is 1.68. The van der Waals surface area contributed by atoms with Crippen molar-refractivity contribution in [3.8, 4) is 0 Å². The largest absolute Gasteiger partial charge is 0.472 e. The Morgan fingerprint density at radius 2 is 2.00 bits per heavy atom. The van der Waals surface area contributed by atoms with E-state index in [9.17, 15) is 9.18 Å². The fourth-order valence-electron chi connectivity index (χ4n) is 2.45. The predicted octanol–water partition coefficient (Wildman–Crippen LogP) is 4.43. The van der Waals surface area contributed by atoms with Gasteiger partial charge in [0.1, 0.15) is 5.82 Å². The average Bonchev–Trinajstić information content (AvgIpc) is 3.31. The smallest absolute Gasteiger partial charge is 0.317 e. The fraction of sp³-hybridized carbons (Fsp3) is 0.211. The Morgan fingerprint density at radius 3 is 2.68 bits per heavy atom. The number of urea groups is 1. The number of amides is 2. The van der Waals surface area contributed by atoms with Crippen LogP contribution in [0.15, 0.2) is 64.8 Å². The summed E-state index contributed by atoms with van der Waals surface area (Å²) in [6, 6.07) is 11.9. The summed E-state index contributed by atoms with van der Waals surface area (Å²) in [5.74, 6) is -0.285. The molecule has 0 aliphatic heterocycles. The molecule has 0 unspecified atom stereocenters. The number of furan rings is 1. The standard InChI is InChI=1S/C19H19FN2O2S/c20-17-5-3-15(4-6-17)12-21-19(23)22(13-16-8-10-24-14-16)9-7-18-2-1-11-25-18/h1-6,8,10-11,14H,7,9,12-13H2,(H,21,23). The molecule has 3 rings (SSSR count). The van der Waals surface area contributed by atoms with Crippen LogP contribution in [0.3, 0.4) is 0 Å². The van der Waals surface area contributed by atoms with Crippen LogP contribution in [-0.2, 0) is 19.5 Å². The topological polar surface area (TPSA) is 45.5 Å². The summed E-state index contributed by atoms with van der Waals surface area (Å²) in [6.07, 6.45) is 4.05. The van der Waals surface area contributed by atoms with Gasteiger partial charge in [-0.15, -0.1) is 11.3 Å². The van der Waals surface area contributed by atoms with Crippen molar-refractivity contribution in [1.29, 1.82) is 0 Å². The zero-order valence-corrected chi connectivity index (χ0v) is 14.5. The van der Waals surface area contributed by atoms with Gasteiger partial charge < -0.3 is 14.6 Å². The number of rotatable bonds is 7. The zero-order valence-electron chi connectivity index (χ0n) is 13.7. The summed E-state index contributed by atoms with van der Waals surface area (Å²) in [5.41, 5.74) is 1.80. The van der Waals surface area contributed by atoms with Gasteiger partial charge in [-0.3, -0.25) is 0 Å². The lowest BCUT2D eigenvalue weighted by Crippen LogP contribution is -2.40. The molecule has 0 saturated heterocycles. The summed E-state index contributed by atoms with van der Waals surface area (Å²) in [4.78, 5) is 15.6. The first-order valence-corrected chi connectivity index (χ1v) is 8.89. The summed E-state index contributed by atoms with van der Waals surface area (Å²) < 4.78 is 18.1. The molecule has 2 heterocycles. The third-order valence-electron chi connectivity index (χ3n) is 3.81. The first kappa shape index (κ1) is 17.2. The molecule has 6 heteroatoms. The van der Waals surface area contributed by atoms with Gasteiger partial charge in [-0.05, 0) is 41.6 Å². The maximum atomic E-state index is 13.0. The molecule has 0 aliphatic carbocycles. The quantitative estimate of drug-likeness (QED) is 0.679.